The molecular formula is C23H24F3N3O2S. The van der Waals surface area contributed by atoms with Gasteiger partial charge in [-0.25, -0.2) is 13.2 Å². The monoisotopic (exact) mass is 463 g/mol. The molecule has 3 atom stereocenters. The number of halogens is 3. The predicted octanol–water partition coefficient (Wildman–Crippen LogP) is 3.36. The summed E-state index contributed by atoms with van der Waals surface area (Å²) in [7, 11) is 0. The molecule has 170 valence electrons. The maximum Gasteiger partial charge on any atom is 0.226 e. The average molecular weight is 464 g/mol. The Morgan fingerprint density at radius 2 is 1.91 bits per heavy atom. The molecule has 2 bridgehead atoms. The van der Waals surface area contributed by atoms with Gasteiger partial charge in [0.1, 0.15) is 23.6 Å². The van der Waals surface area contributed by atoms with Crippen LogP contribution >= 0.6 is 0 Å². The molecule has 1 N–H and O–H groups in total. The van der Waals surface area contributed by atoms with Gasteiger partial charge in [0.05, 0.1) is 12.1 Å². The van der Waals surface area contributed by atoms with Crippen LogP contribution in [0.3, 0.4) is 0 Å². The van der Waals surface area contributed by atoms with Crippen LogP contribution in [0, 0.1) is 29.3 Å². The Balaban J connectivity index is 1.49. The Labute approximate surface area is 187 Å². The lowest BCUT2D eigenvalue weighted by molar-refractivity contribution is -0.150. The topological polar surface area (TPSA) is 68.3 Å². The molecule has 0 spiro atoms. The minimum Gasteiger partial charge on any atom is -0.598 e. The lowest BCUT2D eigenvalue weighted by atomic mass is 9.66. The fourth-order valence-electron chi connectivity index (χ4n) is 5.14. The first-order valence-corrected chi connectivity index (χ1v) is 12.4. The molecule has 1 aromatic carbocycles. The van der Waals surface area contributed by atoms with Gasteiger partial charge in [-0.05, 0) is 61.8 Å². The quantitative estimate of drug-likeness (QED) is 0.668. The number of fused-ring (bicyclic) bond motifs is 2. The molecule has 32 heavy (non-hydrogen) atoms. The van der Waals surface area contributed by atoms with Gasteiger partial charge < -0.3 is 9.45 Å². The van der Waals surface area contributed by atoms with E-state index in [0.29, 0.717) is 5.56 Å². The molecule has 5 nitrogen and oxygen atoms in total. The lowest BCUT2D eigenvalue weighted by Gasteiger charge is -2.57. The molecular weight excluding hydrogens is 439 g/mol. The number of amides is 1. The summed E-state index contributed by atoms with van der Waals surface area (Å²) >= 11 is -1.28. The summed E-state index contributed by atoms with van der Waals surface area (Å²) in [4.78, 5) is 19.0. The largest absolute Gasteiger partial charge is 0.598 e. The number of carbonyl (C=O) groups excluding carboxylic acids is 1. The van der Waals surface area contributed by atoms with Crippen LogP contribution in [0.2, 0.25) is 0 Å². The zero-order valence-corrected chi connectivity index (χ0v) is 18.4. The zero-order valence-electron chi connectivity index (χ0n) is 17.6. The molecule has 9 heteroatoms. The Morgan fingerprint density at radius 1 is 1.22 bits per heavy atom. The smallest absolute Gasteiger partial charge is 0.226 e. The van der Waals surface area contributed by atoms with Crippen molar-refractivity contribution in [2.75, 3.05) is 6.26 Å². The van der Waals surface area contributed by atoms with Crippen LogP contribution in [0.1, 0.15) is 31.2 Å². The van der Waals surface area contributed by atoms with Crippen molar-refractivity contribution in [3.05, 3.63) is 53.5 Å². The maximum absolute atomic E-state index is 15.5. The molecule has 3 heterocycles. The second kappa shape index (κ2) is 8.35. The predicted molar refractivity (Wildman–Crippen MR) is 114 cm³/mol. The molecule has 2 aliphatic heterocycles. The number of benzene rings is 1. The van der Waals surface area contributed by atoms with Crippen LogP contribution in [0.5, 0.6) is 0 Å². The first-order valence-electron chi connectivity index (χ1n) is 10.8. The van der Waals surface area contributed by atoms with Crippen LogP contribution in [0.4, 0.5) is 13.2 Å². The van der Waals surface area contributed by atoms with E-state index in [1.165, 1.54) is 12.3 Å². The zero-order chi connectivity index (χ0) is 22.6. The molecule has 2 aromatic rings. The van der Waals surface area contributed by atoms with Crippen molar-refractivity contribution < 1.29 is 22.5 Å². The van der Waals surface area contributed by atoms with Crippen molar-refractivity contribution in [1.82, 2.24) is 14.6 Å². The van der Waals surface area contributed by atoms with E-state index in [1.54, 1.807) is 6.26 Å². The standard InChI is InChI=1S/C23H24F3N3O2S/c1-32(31)28-21-15-8-18(9-15)29(23(30)12-2-3-12)19(21)10-13-4-5-27-22(20(13)26)14-6-16(24)11-17(25)7-14/h4-7,11-12,15,18-19,21,28H,2-3,8-10H2,1H3. The maximum atomic E-state index is 15.5. The van der Waals surface area contributed by atoms with E-state index in [9.17, 15) is 18.1 Å². The molecule has 2 saturated carbocycles. The second-order valence-corrected chi connectivity index (χ2v) is 10.2. The Bertz CT molecular complexity index is 1020. The first-order chi connectivity index (χ1) is 15.3. The molecule has 4 aliphatic rings. The highest BCUT2D eigenvalue weighted by atomic mass is 32.2. The van der Waals surface area contributed by atoms with Crippen LogP contribution < -0.4 is 4.72 Å². The SMILES string of the molecule is C[S+]([O-])NC1C2CC(C2)N(C(=O)C2CC2)C1Cc1ccnc(-c2cc(F)cc(F)c2)c1F. The van der Waals surface area contributed by atoms with Crippen molar-refractivity contribution in [2.24, 2.45) is 11.8 Å². The number of hydrogen-bond acceptors (Lipinski definition) is 4. The van der Waals surface area contributed by atoms with Crippen molar-refractivity contribution >= 4 is 17.3 Å². The fourth-order valence-corrected chi connectivity index (χ4v) is 5.88. The third-order valence-electron chi connectivity index (χ3n) is 6.84. The van der Waals surface area contributed by atoms with E-state index in [2.05, 4.69) is 9.71 Å². The third-order valence-corrected chi connectivity index (χ3v) is 7.44. The van der Waals surface area contributed by atoms with Crippen molar-refractivity contribution in [3.8, 4) is 11.3 Å². The summed E-state index contributed by atoms with van der Waals surface area (Å²) in [5, 5.41) is 0. The van der Waals surface area contributed by atoms with Gasteiger partial charge in [0, 0.05) is 41.1 Å². The summed E-state index contributed by atoms with van der Waals surface area (Å²) in [6.07, 6.45) is 6.63. The normalized spacial score (nSPS) is 27.7. The Morgan fingerprint density at radius 3 is 2.53 bits per heavy atom. The van der Waals surface area contributed by atoms with E-state index in [1.807, 2.05) is 4.90 Å². The molecule has 1 aromatic heterocycles. The summed E-state index contributed by atoms with van der Waals surface area (Å²) < 4.78 is 58.0. The van der Waals surface area contributed by atoms with Gasteiger partial charge in [-0.3, -0.25) is 9.78 Å². The van der Waals surface area contributed by atoms with Crippen LogP contribution in [-0.2, 0) is 22.6 Å². The summed E-state index contributed by atoms with van der Waals surface area (Å²) in [6, 6.07) is 3.91. The third kappa shape index (κ3) is 4.02. The highest BCUT2D eigenvalue weighted by Crippen LogP contribution is 2.46. The highest BCUT2D eigenvalue weighted by molar-refractivity contribution is 7.88. The van der Waals surface area contributed by atoms with Crippen LogP contribution in [0.25, 0.3) is 11.3 Å². The average Bonchev–Trinajstić information content (AvgIpc) is 3.53. The van der Waals surface area contributed by atoms with Gasteiger partial charge >= 0.3 is 0 Å². The van der Waals surface area contributed by atoms with Gasteiger partial charge in [-0.1, -0.05) is 0 Å². The molecule has 1 amide bonds. The van der Waals surface area contributed by atoms with Gasteiger partial charge in [0.15, 0.2) is 5.82 Å². The number of piperidine rings is 2. The number of nitrogens with zero attached hydrogens (tertiary/aromatic N) is 2. The molecule has 6 rings (SSSR count). The summed E-state index contributed by atoms with van der Waals surface area (Å²) in [5.41, 5.74) is 0.197. The minimum absolute atomic E-state index is 0.0172. The van der Waals surface area contributed by atoms with E-state index in [0.717, 1.165) is 43.9 Å². The molecule has 3 unspecified atom stereocenters. The van der Waals surface area contributed by atoms with Crippen molar-refractivity contribution in [3.63, 3.8) is 0 Å². The van der Waals surface area contributed by atoms with Gasteiger partial charge in [-0.15, -0.1) is 4.72 Å². The number of rotatable bonds is 6. The highest BCUT2D eigenvalue weighted by Gasteiger charge is 2.55. The van der Waals surface area contributed by atoms with Gasteiger partial charge in [-0.2, -0.15) is 0 Å². The molecule has 4 fully saturated rings. The van der Waals surface area contributed by atoms with E-state index in [4.69, 9.17) is 0 Å². The summed E-state index contributed by atoms with van der Waals surface area (Å²) in [6.45, 7) is 0. The minimum atomic E-state index is -1.28. The van der Waals surface area contributed by atoms with Crippen LogP contribution in [0.15, 0.2) is 30.5 Å². The van der Waals surface area contributed by atoms with Crippen molar-refractivity contribution in [1.29, 1.82) is 0 Å². The lowest BCUT2D eigenvalue weighted by Crippen LogP contribution is -2.70. The molecule has 0 radical (unpaired) electrons. The Kier molecular flexibility index (Phi) is 5.67. The number of nitrogens with one attached hydrogen (secondary N) is 1. The van der Waals surface area contributed by atoms with E-state index in [-0.39, 0.29) is 53.5 Å². The number of pyridine rings is 1. The first kappa shape index (κ1) is 21.7. The second-order valence-electron chi connectivity index (χ2n) is 9.07. The van der Waals surface area contributed by atoms with E-state index < -0.39 is 28.8 Å². The van der Waals surface area contributed by atoms with Gasteiger partial charge in [0.2, 0.25) is 5.91 Å². The Hall–Kier alpha value is -2.10. The van der Waals surface area contributed by atoms with Gasteiger partial charge in [0.25, 0.3) is 0 Å². The number of aromatic nitrogens is 1. The molecule has 2 aliphatic carbocycles. The van der Waals surface area contributed by atoms with Crippen molar-refractivity contribution in [2.45, 2.75) is 50.2 Å². The molecule has 2 saturated heterocycles. The van der Waals surface area contributed by atoms with E-state index >= 15 is 4.39 Å². The summed E-state index contributed by atoms with van der Waals surface area (Å²) in [5.74, 6) is -1.89. The number of hydrogen-bond donors (Lipinski definition) is 1. The number of carbonyl (C=O) groups is 1. The fraction of sp³-hybridized carbons (Fsp3) is 0.478. The van der Waals surface area contributed by atoms with Crippen LogP contribution in [-0.4, -0.2) is 44.7 Å².